The number of benzene rings is 1. The molecule has 3 nitrogen and oxygen atoms in total. The Kier molecular flexibility index (Phi) is 4.19. The first-order valence-corrected chi connectivity index (χ1v) is 7.40. The first-order chi connectivity index (χ1) is 8.85. The predicted octanol–water partition coefficient (Wildman–Crippen LogP) is 4.60. The largest absolute Gasteiger partial charge is 0.443 e. The number of rotatable bonds is 3. The van der Waals surface area contributed by atoms with Gasteiger partial charge < -0.3 is 4.74 Å². The molecule has 4 heteroatoms. The first kappa shape index (κ1) is 14.4. The molecular weight excluding hydrogens is 306 g/mol. The van der Waals surface area contributed by atoms with E-state index in [-0.39, 0.29) is 6.09 Å². The Hall–Kier alpha value is -1.03. The quantitative estimate of drug-likeness (QED) is 0.812. The summed E-state index contributed by atoms with van der Waals surface area (Å²) in [5.74, 6) is 0.621. The molecule has 0 radical (unpaired) electrons. The molecule has 1 aliphatic rings. The van der Waals surface area contributed by atoms with E-state index in [0.29, 0.717) is 5.92 Å². The molecule has 0 aromatic heterocycles. The topological polar surface area (TPSA) is 29.5 Å². The summed E-state index contributed by atoms with van der Waals surface area (Å²) in [6.07, 6.45) is 2.15. The maximum Gasteiger partial charge on any atom is 0.414 e. The number of amides is 1. The van der Waals surface area contributed by atoms with E-state index in [4.69, 9.17) is 4.74 Å². The second kappa shape index (κ2) is 5.53. The number of hydrogen-bond acceptors (Lipinski definition) is 2. The van der Waals surface area contributed by atoms with Gasteiger partial charge in [0.2, 0.25) is 0 Å². The molecule has 0 atom stereocenters. The standard InChI is InChI=1S/C15H20BrNO2/c1-15(2,3)19-14(18)17(10-11-4-5-11)13-8-6-12(16)7-9-13/h6-9,11H,4-5,10H2,1-3H3. The molecule has 0 aliphatic heterocycles. The number of anilines is 1. The third kappa shape index (κ3) is 4.53. The van der Waals surface area contributed by atoms with Gasteiger partial charge in [0.25, 0.3) is 0 Å². The number of nitrogens with zero attached hydrogens (tertiary/aromatic N) is 1. The first-order valence-electron chi connectivity index (χ1n) is 6.61. The fraction of sp³-hybridized carbons (Fsp3) is 0.533. The minimum atomic E-state index is -0.464. The summed E-state index contributed by atoms with van der Waals surface area (Å²) in [6.45, 7) is 6.42. The van der Waals surface area contributed by atoms with Crippen LogP contribution >= 0.6 is 15.9 Å². The molecule has 1 aromatic carbocycles. The predicted molar refractivity (Wildman–Crippen MR) is 80.4 cm³/mol. The average molecular weight is 326 g/mol. The van der Waals surface area contributed by atoms with E-state index in [1.54, 1.807) is 4.90 Å². The van der Waals surface area contributed by atoms with Crippen LogP contribution in [0.25, 0.3) is 0 Å². The van der Waals surface area contributed by atoms with E-state index < -0.39 is 5.60 Å². The number of carbonyl (C=O) groups excluding carboxylic acids is 1. The SMILES string of the molecule is CC(C)(C)OC(=O)N(CC1CC1)c1ccc(Br)cc1. The van der Waals surface area contributed by atoms with E-state index in [1.807, 2.05) is 45.0 Å². The van der Waals surface area contributed by atoms with E-state index in [1.165, 1.54) is 12.8 Å². The summed E-state index contributed by atoms with van der Waals surface area (Å²) >= 11 is 3.41. The van der Waals surface area contributed by atoms with E-state index in [2.05, 4.69) is 15.9 Å². The van der Waals surface area contributed by atoms with Crippen molar-refractivity contribution in [1.29, 1.82) is 0 Å². The Morgan fingerprint density at radius 1 is 1.32 bits per heavy atom. The van der Waals surface area contributed by atoms with Crippen LogP contribution < -0.4 is 4.90 Å². The van der Waals surface area contributed by atoms with Gasteiger partial charge in [-0.25, -0.2) is 4.79 Å². The zero-order valence-corrected chi connectivity index (χ0v) is 13.2. The highest BCUT2D eigenvalue weighted by molar-refractivity contribution is 9.10. The van der Waals surface area contributed by atoms with Crippen molar-refractivity contribution in [1.82, 2.24) is 0 Å². The third-order valence-corrected chi connectivity index (χ3v) is 3.42. The lowest BCUT2D eigenvalue weighted by Crippen LogP contribution is -2.38. The molecule has 0 heterocycles. The van der Waals surface area contributed by atoms with Crippen LogP contribution in [0.5, 0.6) is 0 Å². The highest BCUT2D eigenvalue weighted by atomic mass is 79.9. The van der Waals surface area contributed by atoms with Gasteiger partial charge in [-0.05, 0) is 63.8 Å². The fourth-order valence-electron chi connectivity index (χ4n) is 1.78. The second-order valence-electron chi connectivity index (χ2n) is 6.01. The molecule has 1 fully saturated rings. The minimum absolute atomic E-state index is 0.262. The highest BCUT2D eigenvalue weighted by Gasteiger charge is 2.30. The zero-order chi connectivity index (χ0) is 14.0. The van der Waals surface area contributed by atoms with Gasteiger partial charge in [-0.1, -0.05) is 15.9 Å². The number of halogens is 1. The lowest BCUT2D eigenvalue weighted by Gasteiger charge is -2.27. The van der Waals surface area contributed by atoms with Gasteiger partial charge >= 0.3 is 6.09 Å². The van der Waals surface area contributed by atoms with Crippen molar-refractivity contribution < 1.29 is 9.53 Å². The molecule has 0 bridgehead atoms. The van der Waals surface area contributed by atoms with Gasteiger partial charge in [-0.3, -0.25) is 4.90 Å². The normalized spacial score (nSPS) is 15.2. The molecule has 1 aromatic rings. The molecule has 2 rings (SSSR count). The van der Waals surface area contributed by atoms with Crippen LogP contribution in [0.15, 0.2) is 28.7 Å². The van der Waals surface area contributed by atoms with Crippen LogP contribution in [0.4, 0.5) is 10.5 Å². The molecule has 0 spiro atoms. The molecular formula is C15H20BrNO2. The molecule has 1 amide bonds. The van der Waals surface area contributed by atoms with Crippen molar-refractivity contribution in [3.8, 4) is 0 Å². The Bertz CT molecular complexity index is 446. The lowest BCUT2D eigenvalue weighted by molar-refractivity contribution is 0.0578. The Balaban J connectivity index is 2.14. The van der Waals surface area contributed by atoms with Gasteiger partial charge in [0.15, 0.2) is 0 Å². The van der Waals surface area contributed by atoms with Gasteiger partial charge in [0.05, 0.1) is 0 Å². The van der Waals surface area contributed by atoms with Gasteiger partial charge in [-0.15, -0.1) is 0 Å². The summed E-state index contributed by atoms with van der Waals surface area (Å²) < 4.78 is 6.49. The number of ether oxygens (including phenoxy) is 1. The van der Waals surface area contributed by atoms with Crippen molar-refractivity contribution in [3.05, 3.63) is 28.7 Å². The highest BCUT2D eigenvalue weighted by Crippen LogP contribution is 2.32. The second-order valence-corrected chi connectivity index (χ2v) is 6.93. The van der Waals surface area contributed by atoms with Gasteiger partial charge in [0, 0.05) is 16.7 Å². The van der Waals surface area contributed by atoms with Gasteiger partial charge in [0.1, 0.15) is 5.60 Å². The Morgan fingerprint density at radius 2 is 1.89 bits per heavy atom. The van der Waals surface area contributed by atoms with Crippen molar-refractivity contribution in [2.75, 3.05) is 11.4 Å². The monoisotopic (exact) mass is 325 g/mol. The van der Waals surface area contributed by atoms with Gasteiger partial charge in [-0.2, -0.15) is 0 Å². The number of carbonyl (C=O) groups is 1. The average Bonchev–Trinajstić information content (AvgIpc) is 3.08. The molecule has 104 valence electrons. The lowest BCUT2D eigenvalue weighted by atomic mass is 10.2. The van der Waals surface area contributed by atoms with Crippen molar-refractivity contribution in [3.63, 3.8) is 0 Å². The summed E-state index contributed by atoms with van der Waals surface area (Å²) in [5, 5.41) is 0. The van der Waals surface area contributed by atoms with Crippen molar-refractivity contribution in [2.24, 2.45) is 5.92 Å². The van der Waals surface area contributed by atoms with Crippen molar-refractivity contribution in [2.45, 2.75) is 39.2 Å². The molecule has 0 unspecified atom stereocenters. The minimum Gasteiger partial charge on any atom is -0.443 e. The van der Waals surface area contributed by atoms with Crippen LogP contribution in [0, 0.1) is 5.92 Å². The molecule has 0 saturated heterocycles. The summed E-state index contributed by atoms with van der Waals surface area (Å²) in [5.41, 5.74) is 0.429. The van der Waals surface area contributed by atoms with Crippen LogP contribution in [0.1, 0.15) is 33.6 Å². The van der Waals surface area contributed by atoms with Crippen LogP contribution in [-0.2, 0) is 4.74 Å². The molecule has 1 aliphatic carbocycles. The van der Waals surface area contributed by atoms with E-state index in [0.717, 1.165) is 16.7 Å². The summed E-state index contributed by atoms with van der Waals surface area (Å²) in [7, 11) is 0. The smallest absolute Gasteiger partial charge is 0.414 e. The fourth-order valence-corrected chi connectivity index (χ4v) is 2.05. The maximum absolute atomic E-state index is 12.3. The summed E-state index contributed by atoms with van der Waals surface area (Å²) in [4.78, 5) is 14.0. The van der Waals surface area contributed by atoms with E-state index in [9.17, 15) is 4.79 Å². The van der Waals surface area contributed by atoms with Crippen LogP contribution in [0.2, 0.25) is 0 Å². The Morgan fingerprint density at radius 3 is 2.37 bits per heavy atom. The zero-order valence-electron chi connectivity index (χ0n) is 11.6. The van der Waals surface area contributed by atoms with Crippen LogP contribution in [-0.4, -0.2) is 18.2 Å². The maximum atomic E-state index is 12.3. The Labute approximate surface area is 123 Å². The van der Waals surface area contributed by atoms with Crippen LogP contribution in [0.3, 0.4) is 0 Å². The van der Waals surface area contributed by atoms with Crippen molar-refractivity contribution >= 4 is 27.7 Å². The molecule has 0 N–H and O–H groups in total. The number of hydrogen-bond donors (Lipinski definition) is 0. The summed E-state index contributed by atoms with van der Waals surface area (Å²) in [6, 6.07) is 7.77. The van der Waals surface area contributed by atoms with E-state index >= 15 is 0 Å². The molecule has 1 saturated carbocycles. The third-order valence-electron chi connectivity index (χ3n) is 2.89. The molecule has 19 heavy (non-hydrogen) atoms.